The summed E-state index contributed by atoms with van der Waals surface area (Å²) in [5.74, 6) is 0.868. The number of ether oxygens (including phenoxy) is 1. The van der Waals surface area contributed by atoms with Crippen LogP contribution in [-0.4, -0.2) is 43.3 Å². The van der Waals surface area contributed by atoms with Crippen LogP contribution < -0.4 is 10.6 Å². The second-order valence-corrected chi connectivity index (χ2v) is 8.14. The standard InChI is InChI=1S/C18H32N4OS/c1-6-7-10-23-16-11-15(18(16,3)4)22-17(19-5)20-9-8-14-12-24-13(2)21-14/h12,15-16H,6-11H2,1-5H3,(H2,19,20,22). The number of unbranched alkanes of at least 4 members (excludes halogenated alkanes) is 1. The first-order valence-corrected chi connectivity index (χ1v) is 9.85. The van der Waals surface area contributed by atoms with Crippen LogP contribution in [0.2, 0.25) is 0 Å². The van der Waals surface area contributed by atoms with E-state index in [4.69, 9.17) is 4.74 Å². The molecule has 0 saturated heterocycles. The summed E-state index contributed by atoms with van der Waals surface area (Å²) in [7, 11) is 1.82. The van der Waals surface area contributed by atoms with Crippen LogP contribution in [0.15, 0.2) is 10.4 Å². The van der Waals surface area contributed by atoms with Gasteiger partial charge in [0.1, 0.15) is 0 Å². The Kier molecular flexibility index (Phi) is 7.04. The van der Waals surface area contributed by atoms with Gasteiger partial charge in [-0.1, -0.05) is 27.2 Å². The van der Waals surface area contributed by atoms with Crippen molar-refractivity contribution in [3.8, 4) is 0 Å². The van der Waals surface area contributed by atoms with Crippen molar-refractivity contribution >= 4 is 17.3 Å². The van der Waals surface area contributed by atoms with Gasteiger partial charge in [-0.15, -0.1) is 11.3 Å². The molecule has 1 aliphatic carbocycles. The van der Waals surface area contributed by atoms with Gasteiger partial charge in [0, 0.05) is 43.5 Å². The first-order chi connectivity index (χ1) is 11.5. The molecule has 136 valence electrons. The lowest BCUT2D eigenvalue weighted by Crippen LogP contribution is -2.63. The third-order valence-corrected chi connectivity index (χ3v) is 5.69. The van der Waals surface area contributed by atoms with Crippen molar-refractivity contribution in [2.24, 2.45) is 10.4 Å². The summed E-state index contributed by atoms with van der Waals surface area (Å²) in [5.41, 5.74) is 1.28. The maximum absolute atomic E-state index is 6.01. The van der Waals surface area contributed by atoms with Crippen LogP contribution in [0.25, 0.3) is 0 Å². The molecule has 2 unspecified atom stereocenters. The molecule has 24 heavy (non-hydrogen) atoms. The number of hydrogen-bond acceptors (Lipinski definition) is 4. The number of aliphatic imine (C=N–C) groups is 1. The van der Waals surface area contributed by atoms with Gasteiger partial charge < -0.3 is 15.4 Å². The van der Waals surface area contributed by atoms with Gasteiger partial charge in [-0.2, -0.15) is 0 Å². The summed E-state index contributed by atoms with van der Waals surface area (Å²) >= 11 is 1.70. The van der Waals surface area contributed by atoms with E-state index in [0.717, 1.165) is 49.1 Å². The molecule has 0 radical (unpaired) electrons. The van der Waals surface area contributed by atoms with E-state index in [1.807, 2.05) is 14.0 Å². The van der Waals surface area contributed by atoms with Gasteiger partial charge in [-0.3, -0.25) is 4.99 Å². The summed E-state index contributed by atoms with van der Waals surface area (Å²) in [6, 6.07) is 0.400. The van der Waals surface area contributed by atoms with Gasteiger partial charge in [0.2, 0.25) is 0 Å². The fourth-order valence-corrected chi connectivity index (χ4v) is 3.62. The SMILES string of the molecule is CCCCOC1CC(NC(=NC)NCCc2csc(C)n2)C1(C)C. The quantitative estimate of drug-likeness (QED) is 0.429. The molecule has 0 amide bonds. The van der Waals surface area contributed by atoms with E-state index in [-0.39, 0.29) is 5.41 Å². The van der Waals surface area contributed by atoms with Crippen LogP contribution in [0.5, 0.6) is 0 Å². The van der Waals surface area contributed by atoms with E-state index in [0.29, 0.717) is 12.1 Å². The number of nitrogens with one attached hydrogen (secondary N) is 2. The molecule has 1 saturated carbocycles. The molecule has 1 aromatic rings. The first-order valence-electron chi connectivity index (χ1n) is 8.97. The van der Waals surface area contributed by atoms with Crippen LogP contribution in [0.1, 0.15) is 50.7 Å². The monoisotopic (exact) mass is 352 g/mol. The van der Waals surface area contributed by atoms with Crippen molar-refractivity contribution in [1.82, 2.24) is 15.6 Å². The Bertz CT molecular complexity index is 541. The summed E-state index contributed by atoms with van der Waals surface area (Å²) < 4.78 is 6.01. The molecule has 0 bridgehead atoms. The van der Waals surface area contributed by atoms with E-state index in [2.05, 4.69) is 46.8 Å². The average molecular weight is 353 g/mol. The third-order valence-electron chi connectivity index (χ3n) is 4.87. The van der Waals surface area contributed by atoms with Crippen molar-refractivity contribution in [2.75, 3.05) is 20.2 Å². The van der Waals surface area contributed by atoms with Crippen LogP contribution in [0.3, 0.4) is 0 Å². The molecule has 0 aromatic carbocycles. The normalized spacial score (nSPS) is 23.0. The van der Waals surface area contributed by atoms with Crippen molar-refractivity contribution < 1.29 is 4.74 Å². The zero-order valence-corrected chi connectivity index (χ0v) is 16.5. The first kappa shape index (κ1) is 19.2. The lowest BCUT2D eigenvalue weighted by atomic mass is 9.64. The molecular weight excluding hydrogens is 320 g/mol. The van der Waals surface area contributed by atoms with Crippen molar-refractivity contribution in [2.45, 2.75) is 65.5 Å². The fourth-order valence-electron chi connectivity index (χ4n) is 2.97. The second-order valence-electron chi connectivity index (χ2n) is 7.07. The number of hydrogen-bond donors (Lipinski definition) is 2. The predicted octanol–water partition coefficient (Wildman–Crippen LogP) is 3.14. The summed E-state index contributed by atoms with van der Waals surface area (Å²) in [6.45, 7) is 10.5. The zero-order valence-electron chi connectivity index (χ0n) is 15.7. The van der Waals surface area contributed by atoms with E-state index >= 15 is 0 Å². The molecule has 6 heteroatoms. The third kappa shape index (κ3) is 4.93. The molecule has 5 nitrogen and oxygen atoms in total. The molecule has 2 N–H and O–H groups in total. The molecule has 1 heterocycles. The van der Waals surface area contributed by atoms with Crippen molar-refractivity contribution in [1.29, 1.82) is 0 Å². The van der Waals surface area contributed by atoms with Crippen LogP contribution in [0.4, 0.5) is 0 Å². The minimum absolute atomic E-state index is 0.136. The van der Waals surface area contributed by atoms with E-state index < -0.39 is 0 Å². The number of aryl methyl sites for hydroxylation is 1. The minimum atomic E-state index is 0.136. The number of guanidine groups is 1. The summed E-state index contributed by atoms with van der Waals surface area (Å²) in [5, 5.41) is 10.2. The average Bonchev–Trinajstić information content (AvgIpc) is 2.97. The molecule has 0 spiro atoms. The number of rotatable bonds is 8. The molecule has 2 rings (SSSR count). The molecule has 2 atom stereocenters. The van der Waals surface area contributed by atoms with Crippen LogP contribution >= 0.6 is 11.3 Å². The smallest absolute Gasteiger partial charge is 0.191 e. The van der Waals surface area contributed by atoms with E-state index in [9.17, 15) is 0 Å². The Labute approximate surface area is 150 Å². The maximum Gasteiger partial charge on any atom is 0.191 e. The van der Waals surface area contributed by atoms with E-state index in [1.54, 1.807) is 11.3 Å². The zero-order chi connectivity index (χ0) is 17.6. The van der Waals surface area contributed by atoms with Crippen molar-refractivity contribution in [3.05, 3.63) is 16.1 Å². The Hall–Kier alpha value is -1.14. The molecule has 0 aliphatic heterocycles. The maximum atomic E-state index is 6.01. The molecule has 1 fully saturated rings. The number of aromatic nitrogens is 1. The van der Waals surface area contributed by atoms with Gasteiger partial charge in [-0.25, -0.2) is 4.98 Å². The number of thiazole rings is 1. The van der Waals surface area contributed by atoms with Crippen LogP contribution in [-0.2, 0) is 11.2 Å². The lowest BCUT2D eigenvalue weighted by molar-refractivity contribution is -0.113. The van der Waals surface area contributed by atoms with Gasteiger partial charge >= 0.3 is 0 Å². The van der Waals surface area contributed by atoms with Crippen molar-refractivity contribution in [3.63, 3.8) is 0 Å². The fraction of sp³-hybridized carbons (Fsp3) is 0.778. The van der Waals surface area contributed by atoms with Gasteiger partial charge in [0.15, 0.2) is 5.96 Å². The Balaban J connectivity index is 1.73. The van der Waals surface area contributed by atoms with E-state index in [1.165, 1.54) is 6.42 Å². The highest BCUT2D eigenvalue weighted by Gasteiger charge is 2.49. The minimum Gasteiger partial charge on any atom is -0.378 e. The van der Waals surface area contributed by atoms with Gasteiger partial charge in [-0.05, 0) is 19.8 Å². The largest absolute Gasteiger partial charge is 0.378 e. The Morgan fingerprint density at radius 3 is 2.88 bits per heavy atom. The predicted molar refractivity (Wildman–Crippen MR) is 102 cm³/mol. The Morgan fingerprint density at radius 1 is 1.50 bits per heavy atom. The Morgan fingerprint density at radius 2 is 2.29 bits per heavy atom. The second kappa shape index (κ2) is 8.81. The highest BCUT2D eigenvalue weighted by Crippen LogP contribution is 2.42. The molecule has 1 aliphatic rings. The summed E-state index contributed by atoms with van der Waals surface area (Å²) in [6.07, 6.45) is 4.64. The lowest BCUT2D eigenvalue weighted by Gasteiger charge is -2.52. The summed E-state index contributed by atoms with van der Waals surface area (Å²) in [4.78, 5) is 8.84. The highest BCUT2D eigenvalue weighted by atomic mass is 32.1. The van der Waals surface area contributed by atoms with Gasteiger partial charge in [0.25, 0.3) is 0 Å². The van der Waals surface area contributed by atoms with Crippen LogP contribution in [0, 0.1) is 12.3 Å². The molecule has 1 aromatic heterocycles. The highest BCUT2D eigenvalue weighted by molar-refractivity contribution is 7.09. The number of nitrogens with zero attached hydrogens (tertiary/aromatic N) is 2. The topological polar surface area (TPSA) is 58.5 Å². The van der Waals surface area contributed by atoms with Gasteiger partial charge in [0.05, 0.1) is 16.8 Å². The molecular formula is C18H32N4OS.